The second-order valence-electron chi connectivity index (χ2n) is 5.53. The van der Waals surface area contributed by atoms with Crippen LogP contribution in [0.25, 0.3) is 0 Å². The molecule has 2 saturated heterocycles. The fourth-order valence-corrected chi connectivity index (χ4v) is 3.45. The Kier molecular flexibility index (Phi) is 5.75. The number of ether oxygens (including phenoxy) is 1. The van der Waals surface area contributed by atoms with Gasteiger partial charge in [-0.25, -0.2) is 0 Å². The lowest BCUT2D eigenvalue weighted by atomic mass is 9.88. The Morgan fingerprint density at radius 2 is 2.00 bits per heavy atom. The first-order valence-electron chi connectivity index (χ1n) is 7.35. The fourth-order valence-electron chi connectivity index (χ4n) is 3.45. The zero-order valence-corrected chi connectivity index (χ0v) is 11.3. The Hall–Kier alpha value is -0.120. The highest BCUT2D eigenvalue weighted by atomic mass is 16.5. The molecule has 0 aliphatic carbocycles. The lowest BCUT2D eigenvalue weighted by Crippen LogP contribution is -2.41. The van der Waals surface area contributed by atoms with Gasteiger partial charge in [-0.2, -0.15) is 0 Å². The molecule has 3 heteroatoms. The molecule has 0 aromatic carbocycles. The van der Waals surface area contributed by atoms with Gasteiger partial charge in [-0.05, 0) is 70.6 Å². The van der Waals surface area contributed by atoms with Crippen molar-refractivity contribution < 1.29 is 4.74 Å². The van der Waals surface area contributed by atoms with Gasteiger partial charge in [0.05, 0.1) is 0 Å². The summed E-state index contributed by atoms with van der Waals surface area (Å²) in [6.07, 6.45) is 8.15. The predicted molar refractivity (Wildman–Crippen MR) is 71.3 cm³/mol. The lowest BCUT2D eigenvalue weighted by Gasteiger charge is -2.34. The van der Waals surface area contributed by atoms with Crippen molar-refractivity contribution in [1.82, 2.24) is 10.2 Å². The van der Waals surface area contributed by atoms with Crippen molar-refractivity contribution in [3.05, 3.63) is 0 Å². The number of nitrogens with one attached hydrogen (secondary N) is 1. The molecule has 0 aromatic heterocycles. The van der Waals surface area contributed by atoms with E-state index in [1.54, 1.807) is 7.11 Å². The van der Waals surface area contributed by atoms with E-state index >= 15 is 0 Å². The summed E-state index contributed by atoms with van der Waals surface area (Å²) in [6.45, 7) is 6.02. The topological polar surface area (TPSA) is 24.5 Å². The van der Waals surface area contributed by atoms with Gasteiger partial charge in [-0.15, -0.1) is 0 Å². The minimum Gasteiger partial charge on any atom is -0.385 e. The first kappa shape index (κ1) is 13.3. The second kappa shape index (κ2) is 7.34. The Morgan fingerprint density at radius 3 is 2.76 bits per heavy atom. The summed E-state index contributed by atoms with van der Waals surface area (Å²) in [5.41, 5.74) is 0. The van der Waals surface area contributed by atoms with Crippen molar-refractivity contribution in [1.29, 1.82) is 0 Å². The Bertz CT molecular complexity index is 204. The van der Waals surface area contributed by atoms with Crippen molar-refractivity contribution in [3.63, 3.8) is 0 Å². The number of likely N-dealkylation sites (tertiary alicyclic amines) is 1. The standard InChI is InChI=1S/C14H28N2O/c1-17-12-3-2-10-16-11-4-5-14(16)13-6-8-15-9-7-13/h13-15H,2-12H2,1H3. The summed E-state index contributed by atoms with van der Waals surface area (Å²) in [4.78, 5) is 2.76. The highest BCUT2D eigenvalue weighted by Crippen LogP contribution is 2.29. The van der Waals surface area contributed by atoms with Gasteiger partial charge in [0.15, 0.2) is 0 Å². The minimum atomic E-state index is 0.889. The molecule has 3 nitrogen and oxygen atoms in total. The highest BCUT2D eigenvalue weighted by Gasteiger charge is 2.31. The van der Waals surface area contributed by atoms with Crippen LogP contribution in [0, 0.1) is 5.92 Å². The van der Waals surface area contributed by atoms with Crippen LogP contribution >= 0.6 is 0 Å². The van der Waals surface area contributed by atoms with Gasteiger partial charge in [0.2, 0.25) is 0 Å². The van der Waals surface area contributed by atoms with Crippen LogP contribution in [0.2, 0.25) is 0 Å². The normalized spacial score (nSPS) is 27.7. The van der Waals surface area contributed by atoms with Crippen LogP contribution in [0.15, 0.2) is 0 Å². The predicted octanol–water partition coefficient (Wildman–Crippen LogP) is 1.88. The Labute approximate surface area is 106 Å². The molecular weight excluding hydrogens is 212 g/mol. The van der Waals surface area contributed by atoms with E-state index in [0.717, 1.165) is 18.6 Å². The SMILES string of the molecule is COCCCCN1CCCC1C1CCNCC1. The Morgan fingerprint density at radius 1 is 1.18 bits per heavy atom. The average Bonchev–Trinajstić information content (AvgIpc) is 2.84. The fraction of sp³-hybridized carbons (Fsp3) is 1.00. The zero-order valence-electron chi connectivity index (χ0n) is 11.3. The Balaban J connectivity index is 1.72. The average molecular weight is 240 g/mol. The van der Waals surface area contributed by atoms with E-state index in [4.69, 9.17) is 4.74 Å². The van der Waals surface area contributed by atoms with Crippen LogP contribution in [-0.2, 0) is 4.74 Å². The molecule has 0 radical (unpaired) electrons. The number of piperidine rings is 1. The number of hydrogen-bond donors (Lipinski definition) is 1. The van der Waals surface area contributed by atoms with Crippen LogP contribution < -0.4 is 5.32 Å². The molecule has 1 atom stereocenters. The van der Waals surface area contributed by atoms with E-state index in [1.807, 2.05) is 0 Å². The number of hydrogen-bond acceptors (Lipinski definition) is 3. The number of unbranched alkanes of at least 4 members (excludes halogenated alkanes) is 1. The van der Waals surface area contributed by atoms with E-state index in [2.05, 4.69) is 10.2 Å². The molecule has 0 bridgehead atoms. The van der Waals surface area contributed by atoms with Gasteiger partial charge in [0.25, 0.3) is 0 Å². The molecule has 2 aliphatic rings. The summed E-state index contributed by atoms with van der Waals surface area (Å²) in [6, 6.07) is 0.889. The second-order valence-corrected chi connectivity index (χ2v) is 5.53. The molecule has 0 amide bonds. The van der Waals surface area contributed by atoms with E-state index in [-0.39, 0.29) is 0 Å². The summed E-state index contributed by atoms with van der Waals surface area (Å²) >= 11 is 0. The maximum atomic E-state index is 5.12. The van der Waals surface area contributed by atoms with Gasteiger partial charge in [0, 0.05) is 19.8 Å². The van der Waals surface area contributed by atoms with Crippen LogP contribution in [0.3, 0.4) is 0 Å². The summed E-state index contributed by atoms with van der Waals surface area (Å²) in [7, 11) is 1.80. The van der Waals surface area contributed by atoms with Crippen molar-refractivity contribution in [2.75, 3.05) is 39.9 Å². The van der Waals surface area contributed by atoms with Crippen LogP contribution in [-0.4, -0.2) is 50.8 Å². The van der Waals surface area contributed by atoms with Crippen molar-refractivity contribution >= 4 is 0 Å². The molecule has 2 rings (SSSR count). The molecule has 0 aromatic rings. The van der Waals surface area contributed by atoms with E-state index in [0.29, 0.717) is 0 Å². The maximum Gasteiger partial charge on any atom is 0.0462 e. The summed E-state index contributed by atoms with van der Waals surface area (Å²) in [5, 5.41) is 3.48. The molecule has 1 unspecified atom stereocenters. The molecule has 2 heterocycles. The molecule has 100 valence electrons. The number of nitrogens with zero attached hydrogens (tertiary/aromatic N) is 1. The van der Waals surface area contributed by atoms with Gasteiger partial charge >= 0.3 is 0 Å². The monoisotopic (exact) mass is 240 g/mol. The molecule has 0 saturated carbocycles. The third-order valence-corrected chi connectivity index (χ3v) is 4.39. The quantitative estimate of drug-likeness (QED) is 0.717. The first-order chi connectivity index (χ1) is 8.42. The van der Waals surface area contributed by atoms with Crippen LogP contribution in [0.4, 0.5) is 0 Å². The third-order valence-electron chi connectivity index (χ3n) is 4.39. The summed E-state index contributed by atoms with van der Waals surface area (Å²) < 4.78 is 5.12. The molecule has 2 fully saturated rings. The van der Waals surface area contributed by atoms with E-state index in [9.17, 15) is 0 Å². The lowest BCUT2D eigenvalue weighted by molar-refractivity contribution is 0.149. The van der Waals surface area contributed by atoms with Crippen molar-refractivity contribution in [2.24, 2.45) is 5.92 Å². The smallest absolute Gasteiger partial charge is 0.0462 e. The van der Waals surface area contributed by atoms with Crippen LogP contribution in [0.1, 0.15) is 38.5 Å². The van der Waals surface area contributed by atoms with E-state index in [1.165, 1.54) is 64.7 Å². The zero-order chi connectivity index (χ0) is 11.9. The van der Waals surface area contributed by atoms with Gasteiger partial charge < -0.3 is 15.0 Å². The molecule has 17 heavy (non-hydrogen) atoms. The maximum absolute atomic E-state index is 5.12. The summed E-state index contributed by atoms with van der Waals surface area (Å²) in [5.74, 6) is 0.959. The molecular formula is C14H28N2O. The minimum absolute atomic E-state index is 0.889. The number of rotatable bonds is 6. The molecule has 1 N–H and O–H groups in total. The molecule has 2 aliphatic heterocycles. The van der Waals surface area contributed by atoms with Crippen molar-refractivity contribution in [3.8, 4) is 0 Å². The van der Waals surface area contributed by atoms with Gasteiger partial charge in [0.1, 0.15) is 0 Å². The van der Waals surface area contributed by atoms with Gasteiger partial charge in [-0.3, -0.25) is 0 Å². The molecule has 0 spiro atoms. The van der Waals surface area contributed by atoms with Crippen molar-refractivity contribution in [2.45, 2.75) is 44.6 Å². The first-order valence-corrected chi connectivity index (χ1v) is 7.35. The highest BCUT2D eigenvalue weighted by molar-refractivity contribution is 4.87. The third kappa shape index (κ3) is 3.94. The van der Waals surface area contributed by atoms with E-state index < -0.39 is 0 Å². The largest absolute Gasteiger partial charge is 0.385 e. The van der Waals surface area contributed by atoms with Gasteiger partial charge in [-0.1, -0.05) is 0 Å². The number of methoxy groups -OCH3 is 1. The van der Waals surface area contributed by atoms with Crippen LogP contribution in [0.5, 0.6) is 0 Å².